The Morgan fingerprint density at radius 2 is 1.76 bits per heavy atom. The van der Waals surface area contributed by atoms with Crippen molar-refractivity contribution in [2.24, 2.45) is 5.92 Å². The second kappa shape index (κ2) is 5.37. The molecule has 0 saturated carbocycles. The van der Waals surface area contributed by atoms with Crippen LogP contribution in [0.25, 0.3) is 0 Å². The number of hydrogen-bond donors (Lipinski definition) is 2. The molecule has 1 aromatic carbocycles. The maximum Gasteiger partial charge on any atom is 0.328 e. The zero-order chi connectivity index (χ0) is 18.7. The zero-order valence-corrected chi connectivity index (χ0v) is 14.3. The SMILES string of the molecule is CC1(C)[C@H](C(=O)O)N2C(=O)[C@@H]([C@H](O)C(=O)c3ccccc3)[C@H]2S1(=O)=O. The summed E-state index contributed by atoms with van der Waals surface area (Å²) in [4.78, 5) is 37.0. The number of Topliss-reactive ketones (excluding diaryl/α,β-unsaturated/α-hetero) is 1. The first-order chi connectivity index (χ1) is 11.5. The molecule has 9 heteroatoms. The molecule has 25 heavy (non-hydrogen) atoms. The van der Waals surface area contributed by atoms with Crippen molar-refractivity contribution < 1.29 is 33.0 Å². The minimum atomic E-state index is -4.09. The Morgan fingerprint density at radius 3 is 2.28 bits per heavy atom. The van der Waals surface area contributed by atoms with Crippen molar-refractivity contribution in [1.29, 1.82) is 0 Å². The molecular weight excluding hydrogens is 350 g/mol. The quantitative estimate of drug-likeness (QED) is 0.551. The van der Waals surface area contributed by atoms with Crippen molar-refractivity contribution in [3.05, 3.63) is 35.9 Å². The van der Waals surface area contributed by atoms with E-state index < -0.39 is 55.7 Å². The summed E-state index contributed by atoms with van der Waals surface area (Å²) >= 11 is 0. The third-order valence-electron chi connectivity index (χ3n) is 5.01. The van der Waals surface area contributed by atoms with Crippen LogP contribution in [-0.2, 0) is 19.4 Å². The smallest absolute Gasteiger partial charge is 0.328 e. The van der Waals surface area contributed by atoms with Crippen LogP contribution in [-0.4, -0.2) is 63.5 Å². The van der Waals surface area contributed by atoms with Crippen LogP contribution in [0.4, 0.5) is 0 Å². The Morgan fingerprint density at radius 1 is 1.20 bits per heavy atom. The molecule has 2 aliphatic heterocycles. The second-order valence-electron chi connectivity index (χ2n) is 6.73. The van der Waals surface area contributed by atoms with Gasteiger partial charge in [0.25, 0.3) is 0 Å². The first-order valence-electron chi connectivity index (χ1n) is 7.59. The number of benzene rings is 1. The van der Waals surface area contributed by atoms with Gasteiger partial charge in [-0.2, -0.15) is 0 Å². The van der Waals surface area contributed by atoms with E-state index in [1.807, 2.05) is 0 Å². The number of aliphatic hydroxyl groups excluding tert-OH is 1. The standard InChI is InChI=1S/C16H17NO7S/c1-16(2)12(15(21)22)17-13(20)9(14(17)25(16,23)24)11(19)10(18)8-6-4-3-5-7-8/h3-7,9,11-12,14,19H,1-2H3,(H,21,22)/t9-,11+,12+,14-/m1/s1. The number of carboxylic acids is 1. The van der Waals surface area contributed by atoms with E-state index in [-0.39, 0.29) is 5.56 Å². The van der Waals surface area contributed by atoms with E-state index in [9.17, 15) is 33.0 Å². The molecule has 4 atom stereocenters. The number of β-lactam (4-membered cyclic amide) rings is 1. The number of carboxylic acid groups (broad SMARTS) is 1. The fourth-order valence-corrected chi connectivity index (χ4v) is 5.90. The Labute approximate surface area is 144 Å². The maximum absolute atomic E-state index is 12.7. The van der Waals surface area contributed by atoms with E-state index in [1.165, 1.54) is 26.0 Å². The van der Waals surface area contributed by atoms with Gasteiger partial charge < -0.3 is 15.1 Å². The molecule has 0 radical (unpaired) electrons. The molecule has 2 aliphatic rings. The van der Waals surface area contributed by atoms with Crippen LogP contribution in [0.15, 0.2) is 30.3 Å². The van der Waals surface area contributed by atoms with E-state index in [0.717, 1.165) is 4.90 Å². The predicted octanol–water partition coefficient (Wildman–Crippen LogP) is -0.325. The van der Waals surface area contributed by atoms with Gasteiger partial charge in [0, 0.05) is 5.56 Å². The van der Waals surface area contributed by atoms with Gasteiger partial charge in [0.05, 0.1) is 4.75 Å². The fraction of sp³-hybridized carbons (Fsp3) is 0.438. The van der Waals surface area contributed by atoms with Crippen LogP contribution < -0.4 is 0 Å². The number of nitrogens with zero attached hydrogens (tertiary/aromatic N) is 1. The lowest BCUT2D eigenvalue weighted by atomic mass is 9.85. The summed E-state index contributed by atoms with van der Waals surface area (Å²) in [6, 6.07) is 6.15. The van der Waals surface area contributed by atoms with E-state index in [0.29, 0.717) is 0 Å². The van der Waals surface area contributed by atoms with Crippen LogP contribution in [0.3, 0.4) is 0 Å². The van der Waals surface area contributed by atoms with Gasteiger partial charge in [0.1, 0.15) is 23.4 Å². The normalized spacial score (nSPS) is 30.3. The van der Waals surface area contributed by atoms with Crippen LogP contribution in [0.5, 0.6) is 0 Å². The van der Waals surface area contributed by atoms with Gasteiger partial charge in [-0.05, 0) is 13.8 Å². The summed E-state index contributed by atoms with van der Waals surface area (Å²) in [7, 11) is -4.09. The average molecular weight is 367 g/mol. The van der Waals surface area contributed by atoms with Crippen molar-refractivity contribution in [3.8, 4) is 0 Å². The highest BCUT2D eigenvalue weighted by Crippen LogP contribution is 2.49. The summed E-state index contributed by atoms with van der Waals surface area (Å²) in [5.41, 5.74) is 0.144. The van der Waals surface area contributed by atoms with Gasteiger partial charge in [-0.3, -0.25) is 9.59 Å². The van der Waals surface area contributed by atoms with Crippen molar-refractivity contribution >= 4 is 27.5 Å². The first-order valence-corrected chi connectivity index (χ1v) is 9.14. The molecule has 134 valence electrons. The molecule has 2 fully saturated rings. The molecule has 2 heterocycles. The van der Waals surface area contributed by atoms with Gasteiger partial charge in [-0.25, -0.2) is 13.2 Å². The highest BCUT2D eigenvalue weighted by molar-refractivity contribution is 7.93. The molecule has 1 aromatic rings. The molecule has 0 aromatic heterocycles. The molecule has 2 saturated heterocycles. The minimum absolute atomic E-state index is 0.144. The van der Waals surface area contributed by atoms with Gasteiger partial charge in [0.2, 0.25) is 5.91 Å². The van der Waals surface area contributed by atoms with Crippen molar-refractivity contribution in [3.63, 3.8) is 0 Å². The Bertz CT molecular complexity index is 862. The highest BCUT2D eigenvalue weighted by Gasteiger charge is 2.73. The molecule has 3 rings (SSSR count). The van der Waals surface area contributed by atoms with E-state index in [4.69, 9.17) is 0 Å². The van der Waals surface area contributed by atoms with E-state index >= 15 is 0 Å². The van der Waals surface area contributed by atoms with E-state index in [2.05, 4.69) is 0 Å². The molecular formula is C16H17NO7S. The predicted molar refractivity (Wildman–Crippen MR) is 85.3 cm³/mol. The summed E-state index contributed by atoms with van der Waals surface area (Å²) in [6.07, 6.45) is -1.85. The van der Waals surface area contributed by atoms with Crippen molar-refractivity contribution in [1.82, 2.24) is 4.90 Å². The number of carbonyl (C=O) groups is 3. The van der Waals surface area contributed by atoms with E-state index in [1.54, 1.807) is 18.2 Å². The van der Waals surface area contributed by atoms with Crippen LogP contribution in [0, 0.1) is 5.92 Å². The zero-order valence-electron chi connectivity index (χ0n) is 13.5. The molecule has 2 N–H and O–H groups in total. The van der Waals surface area contributed by atoms with Crippen LogP contribution in [0.2, 0.25) is 0 Å². The van der Waals surface area contributed by atoms with Gasteiger partial charge in [0.15, 0.2) is 15.6 Å². The lowest BCUT2D eigenvalue weighted by Crippen LogP contribution is -2.67. The number of hydrogen-bond acceptors (Lipinski definition) is 6. The van der Waals surface area contributed by atoms with Crippen molar-refractivity contribution in [2.75, 3.05) is 0 Å². The summed E-state index contributed by atoms with van der Waals surface area (Å²) < 4.78 is 23.7. The second-order valence-corrected chi connectivity index (χ2v) is 9.35. The number of carbonyl (C=O) groups excluding carboxylic acids is 2. The topological polar surface area (TPSA) is 129 Å². The average Bonchev–Trinajstić information content (AvgIpc) is 2.69. The van der Waals surface area contributed by atoms with Gasteiger partial charge in [-0.1, -0.05) is 30.3 Å². The lowest BCUT2D eigenvalue weighted by Gasteiger charge is -2.44. The molecule has 0 unspecified atom stereocenters. The third-order valence-corrected chi connectivity index (χ3v) is 7.86. The van der Waals surface area contributed by atoms with Gasteiger partial charge in [-0.15, -0.1) is 0 Å². The minimum Gasteiger partial charge on any atom is -0.480 e. The summed E-state index contributed by atoms with van der Waals surface area (Å²) in [6.45, 7) is 2.46. The largest absolute Gasteiger partial charge is 0.480 e. The molecule has 8 nitrogen and oxygen atoms in total. The molecule has 0 spiro atoms. The number of amides is 1. The number of fused-ring (bicyclic) bond motifs is 1. The molecule has 0 aliphatic carbocycles. The third kappa shape index (κ3) is 2.15. The highest BCUT2D eigenvalue weighted by atomic mass is 32.2. The van der Waals surface area contributed by atoms with Crippen LogP contribution in [0.1, 0.15) is 24.2 Å². The number of rotatable bonds is 4. The van der Waals surface area contributed by atoms with Gasteiger partial charge >= 0.3 is 5.97 Å². The fourth-order valence-electron chi connectivity index (χ4n) is 3.57. The summed E-state index contributed by atoms with van der Waals surface area (Å²) in [5.74, 6) is -4.55. The Kier molecular flexibility index (Phi) is 3.77. The number of sulfone groups is 1. The Balaban J connectivity index is 1.98. The maximum atomic E-state index is 12.7. The monoisotopic (exact) mass is 367 g/mol. The Hall–Kier alpha value is -2.26. The summed E-state index contributed by atoms with van der Waals surface area (Å²) in [5, 5.41) is 18.2. The number of ketones is 1. The molecule has 0 bridgehead atoms. The number of aliphatic hydroxyl groups is 1. The van der Waals surface area contributed by atoms with Crippen molar-refractivity contribution in [2.45, 2.75) is 36.1 Å². The molecule has 1 amide bonds. The number of aliphatic carboxylic acids is 1. The lowest BCUT2D eigenvalue weighted by molar-refractivity contribution is -0.167. The first kappa shape index (κ1) is 17.6. The van der Waals surface area contributed by atoms with Crippen LogP contribution >= 0.6 is 0 Å².